The molecule has 23 heavy (non-hydrogen) atoms. The molecule has 6 nitrogen and oxygen atoms in total. The van der Waals surface area contributed by atoms with Crippen LogP contribution in [0.1, 0.15) is 19.3 Å². The summed E-state index contributed by atoms with van der Waals surface area (Å²) in [6, 6.07) is 7.55. The number of amides is 3. The number of benzene rings is 1. The van der Waals surface area contributed by atoms with Crippen molar-refractivity contribution in [2.24, 2.45) is 11.7 Å². The number of hydrogen-bond donors (Lipinski definition) is 2. The highest BCUT2D eigenvalue weighted by Crippen LogP contribution is 2.37. The Hall–Kier alpha value is -2.02. The number of thioether (sulfide) groups is 1. The first-order chi connectivity index (χ1) is 11.0. The largest absolute Gasteiger partial charge is 0.369 e. The van der Waals surface area contributed by atoms with Gasteiger partial charge in [-0.15, -0.1) is 11.8 Å². The first-order valence-electron chi connectivity index (χ1n) is 7.68. The molecule has 0 spiro atoms. The zero-order valence-corrected chi connectivity index (χ0v) is 13.5. The fraction of sp³-hybridized carbons (Fsp3) is 0.438. The van der Waals surface area contributed by atoms with Crippen LogP contribution in [0.2, 0.25) is 0 Å². The van der Waals surface area contributed by atoms with Crippen molar-refractivity contribution in [3.05, 3.63) is 24.3 Å². The first-order valence-corrected chi connectivity index (χ1v) is 8.56. The van der Waals surface area contributed by atoms with Gasteiger partial charge >= 0.3 is 0 Å². The maximum atomic E-state index is 12.5. The summed E-state index contributed by atoms with van der Waals surface area (Å²) in [5.41, 5.74) is 6.13. The lowest BCUT2D eigenvalue weighted by Gasteiger charge is -2.32. The molecule has 3 N–H and O–H groups in total. The van der Waals surface area contributed by atoms with E-state index in [1.165, 1.54) is 11.8 Å². The molecule has 0 aliphatic carbocycles. The van der Waals surface area contributed by atoms with Crippen molar-refractivity contribution < 1.29 is 14.4 Å². The molecule has 0 saturated carbocycles. The Morgan fingerprint density at radius 2 is 2.13 bits per heavy atom. The second-order valence-corrected chi connectivity index (χ2v) is 7.12. The molecule has 2 atom stereocenters. The monoisotopic (exact) mass is 333 g/mol. The number of nitrogens with zero attached hydrogens (tertiary/aromatic N) is 1. The molecule has 1 aromatic carbocycles. The fourth-order valence-corrected chi connectivity index (χ4v) is 4.05. The number of hydrogen-bond acceptors (Lipinski definition) is 4. The topological polar surface area (TPSA) is 92.5 Å². The standard InChI is InChI=1S/C16H19N3O3S/c17-15(21)10-4-3-7-19(9-10)14(20)8-13-16(22)18-11-5-1-2-6-12(11)23-13/h1-2,5-6,10,13H,3-4,7-9H2,(H2,17,21)(H,18,22)/t10-,13-/m0/s1. The number of nitrogens with one attached hydrogen (secondary N) is 1. The van der Waals surface area contributed by atoms with Crippen LogP contribution in [0.25, 0.3) is 0 Å². The van der Waals surface area contributed by atoms with E-state index in [0.29, 0.717) is 13.1 Å². The predicted octanol–water partition coefficient (Wildman–Crippen LogP) is 1.21. The van der Waals surface area contributed by atoms with E-state index < -0.39 is 5.25 Å². The number of rotatable bonds is 3. The number of piperidine rings is 1. The van der Waals surface area contributed by atoms with E-state index in [-0.39, 0.29) is 30.1 Å². The Morgan fingerprint density at radius 1 is 1.35 bits per heavy atom. The number of fused-ring (bicyclic) bond motifs is 1. The van der Waals surface area contributed by atoms with Gasteiger partial charge in [-0.05, 0) is 25.0 Å². The molecule has 2 heterocycles. The van der Waals surface area contributed by atoms with Crippen LogP contribution < -0.4 is 11.1 Å². The third-order valence-corrected chi connectivity index (χ3v) is 5.52. The maximum Gasteiger partial charge on any atom is 0.238 e. The highest BCUT2D eigenvalue weighted by Gasteiger charge is 2.32. The predicted molar refractivity (Wildman–Crippen MR) is 87.8 cm³/mol. The van der Waals surface area contributed by atoms with Crippen LogP contribution in [0.4, 0.5) is 5.69 Å². The second-order valence-electron chi connectivity index (χ2n) is 5.88. The summed E-state index contributed by atoms with van der Waals surface area (Å²) in [5.74, 6) is -0.879. The molecule has 3 rings (SSSR count). The molecule has 7 heteroatoms. The van der Waals surface area contributed by atoms with Crippen LogP contribution in [-0.4, -0.2) is 41.0 Å². The van der Waals surface area contributed by atoms with E-state index in [4.69, 9.17) is 5.73 Å². The van der Waals surface area contributed by atoms with Gasteiger partial charge in [0.05, 0.1) is 16.9 Å². The van der Waals surface area contributed by atoms with Crippen molar-refractivity contribution in [2.75, 3.05) is 18.4 Å². The lowest BCUT2D eigenvalue weighted by atomic mass is 9.97. The van der Waals surface area contributed by atoms with Crippen LogP contribution in [0.15, 0.2) is 29.2 Å². The Labute approximate surface area is 138 Å². The van der Waals surface area contributed by atoms with E-state index in [2.05, 4.69) is 5.32 Å². The number of anilines is 1. The molecule has 1 saturated heterocycles. The van der Waals surface area contributed by atoms with Gasteiger partial charge in [0.2, 0.25) is 17.7 Å². The van der Waals surface area contributed by atoms with Gasteiger partial charge in [0, 0.05) is 24.4 Å². The van der Waals surface area contributed by atoms with E-state index in [1.807, 2.05) is 24.3 Å². The molecular weight excluding hydrogens is 314 g/mol. The van der Waals surface area contributed by atoms with Crippen LogP contribution >= 0.6 is 11.8 Å². The van der Waals surface area contributed by atoms with Crippen molar-refractivity contribution in [1.29, 1.82) is 0 Å². The molecule has 0 unspecified atom stereocenters. The number of para-hydroxylation sites is 1. The van der Waals surface area contributed by atoms with E-state index in [0.717, 1.165) is 23.4 Å². The Bertz CT molecular complexity index is 649. The van der Waals surface area contributed by atoms with Crippen molar-refractivity contribution >= 4 is 35.2 Å². The van der Waals surface area contributed by atoms with Crippen molar-refractivity contribution in [3.8, 4) is 0 Å². The Morgan fingerprint density at radius 3 is 2.91 bits per heavy atom. The van der Waals surface area contributed by atoms with Crippen LogP contribution in [-0.2, 0) is 14.4 Å². The molecule has 1 aromatic rings. The van der Waals surface area contributed by atoms with Gasteiger partial charge in [-0.25, -0.2) is 0 Å². The second kappa shape index (κ2) is 6.62. The lowest BCUT2D eigenvalue weighted by Crippen LogP contribution is -2.45. The van der Waals surface area contributed by atoms with Gasteiger partial charge in [0.15, 0.2) is 0 Å². The number of nitrogens with two attached hydrogens (primary N) is 1. The minimum Gasteiger partial charge on any atom is -0.369 e. The molecule has 122 valence electrons. The summed E-state index contributed by atoms with van der Waals surface area (Å²) in [4.78, 5) is 38.6. The summed E-state index contributed by atoms with van der Waals surface area (Å²) in [7, 11) is 0. The fourth-order valence-electron chi connectivity index (χ4n) is 2.95. The van der Waals surface area contributed by atoms with E-state index >= 15 is 0 Å². The van der Waals surface area contributed by atoms with Gasteiger partial charge in [0.1, 0.15) is 0 Å². The SMILES string of the molecule is NC(=O)[C@H]1CCCN(C(=O)C[C@@H]2Sc3ccccc3NC2=O)C1. The third kappa shape index (κ3) is 3.50. The summed E-state index contributed by atoms with van der Waals surface area (Å²) in [6.07, 6.45) is 1.63. The number of carbonyl (C=O) groups is 3. The minimum absolute atomic E-state index is 0.0945. The zero-order chi connectivity index (χ0) is 16.4. The maximum absolute atomic E-state index is 12.5. The first kappa shape index (κ1) is 15.9. The average molecular weight is 333 g/mol. The summed E-state index contributed by atoms with van der Waals surface area (Å²) in [5, 5.41) is 2.40. The van der Waals surface area contributed by atoms with Crippen LogP contribution in [0, 0.1) is 5.92 Å². The van der Waals surface area contributed by atoms with Crippen molar-refractivity contribution in [2.45, 2.75) is 29.4 Å². The summed E-state index contributed by atoms with van der Waals surface area (Å²) < 4.78 is 0. The smallest absolute Gasteiger partial charge is 0.238 e. The Kier molecular flexibility index (Phi) is 4.56. The molecule has 0 bridgehead atoms. The lowest BCUT2D eigenvalue weighted by molar-refractivity contribution is -0.136. The van der Waals surface area contributed by atoms with E-state index in [9.17, 15) is 14.4 Å². The van der Waals surface area contributed by atoms with Gasteiger partial charge in [0.25, 0.3) is 0 Å². The van der Waals surface area contributed by atoms with Crippen LogP contribution in [0.5, 0.6) is 0 Å². The quantitative estimate of drug-likeness (QED) is 0.870. The highest BCUT2D eigenvalue weighted by atomic mass is 32.2. The molecule has 0 radical (unpaired) electrons. The molecular formula is C16H19N3O3S. The zero-order valence-electron chi connectivity index (χ0n) is 12.7. The van der Waals surface area contributed by atoms with E-state index in [1.54, 1.807) is 4.90 Å². The third-order valence-electron chi connectivity index (χ3n) is 4.24. The molecule has 1 fully saturated rings. The summed E-state index contributed by atoms with van der Waals surface area (Å²) >= 11 is 1.41. The molecule has 2 aliphatic rings. The van der Waals surface area contributed by atoms with Crippen molar-refractivity contribution in [1.82, 2.24) is 4.90 Å². The van der Waals surface area contributed by atoms with Gasteiger partial charge in [-0.2, -0.15) is 0 Å². The number of carbonyl (C=O) groups excluding carboxylic acids is 3. The minimum atomic E-state index is -0.439. The average Bonchev–Trinajstić information content (AvgIpc) is 2.55. The van der Waals surface area contributed by atoms with Crippen LogP contribution in [0.3, 0.4) is 0 Å². The molecule has 0 aromatic heterocycles. The highest BCUT2D eigenvalue weighted by molar-refractivity contribution is 8.01. The van der Waals surface area contributed by atoms with Gasteiger partial charge < -0.3 is 16.0 Å². The number of likely N-dealkylation sites (tertiary alicyclic amines) is 1. The Balaban J connectivity index is 1.64. The number of primary amides is 1. The normalized spacial score (nSPS) is 23.8. The van der Waals surface area contributed by atoms with Gasteiger partial charge in [-0.1, -0.05) is 12.1 Å². The van der Waals surface area contributed by atoms with Crippen molar-refractivity contribution in [3.63, 3.8) is 0 Å². The molecule has 2 aliphatic heterocycles. The van der Waals surface area contributed by atoms with Gasteiger partial charge in [-0.3, -0.25) is 14.4 Å². The summed E-state index contributed by atoms with van der Waals surface area (Å²) in [6.45, 7) is 0.988. The molecule has 3 amide bonds.